The topological polar surface area (TPSA) is 85.2 Å². The van der Waals surface area contributed by atoms with Crippen molar-refractivity contribution in [3.05, 3.63) is 40.6 Å². The van der Waals surface area contributed by atoms with E-state index in [-0.39, 0.29) is 5.91 Å². The summed E-state index contributed by atoms with van der Waals surface area (Å²) in [5.74, 6) is 0.526. The summed E-state index contributed by atoms with van der Waals surface area (Å²) in [7, 11) is 0. The number of amides is 1. The van der Waals surface area contributed by atoms with Crippen LogP contribution in [0.4, 0.5) is 5.69 Å². The average Bonchev–Trinajstić information content (AvgIpc) is 2.39. The Hall–Kier alpha value is -1.97. The summed E-state index contributed by atoms with van der Waals surface area (Å²) < 4.78 is 0. The molecule has 1 amide bonds. The van der Waals surface area contributed by atoms with Crippen molar-refractivity contribution in [3.8, 4) is 6.07 Å². The van der Waals surface area contributed by atoms with Gasteiger partial charge in [-0.2, -0.15) is 5.26 Å². The summed E-state index contributed by atoms with van der Waals surface area (Å²) in [5, 5.41) is 24.0. The number of hydrogen-bond donors (Lipinski definition) is 3. The molecular weight excluding hydrogens is 262 g/mol. The summed E-state index contributed by atoms with van der Waals surface area (Å²) in [4.78, 5) is 12.3. The number of hydrogen-bond acceptors (Lipinski definition) is 5. The van der Waals surface area contributed by atoms with Crippen LogP contribution < -0.4 is 10.6 Å². The van der Waals surface area contributed by atoms with Crippen LogP contribution in [0.3, 0.4) is 0 Å². The molecule has 2 rings (SSSR count). The van der Waals surface area contributed by atoms with Gasteiger partial charge in [0.25, 0.3) is 5.91 Å². The van der Waals surface area contributed by atoms with E-state index in [0.29, 0.717) is 27.7 Å². The summed E-state index contributed by atoms with van der Waals surface area (Å²) in [6.07, 6.45) is -0.513. The minimum Gasteiger partial charge on any atom is -0.393 e. The second-order valence-electron chi connectivity index (χ2n) is 4.10. The molecule has 0 fully saturated rings. The maximum absolute atomic E-state index is 11.9. The Balaban J connectivity index is 2.28. The first-order chi connectivity index (χ1) is 9.11. The highest BCUT2D eigenvalue weighted by Crippen LogP contribution is 2.26. The van der Waals surface area contributed by atoms with Crippen LogP contribution in [0.5, 0.6) is 0 Å². The molecule has 5 nitrogen and oxygen atoms in total. The number of allylic oxidation sites excluding steroid dienone is 1. The summed E-state index contributed by atoms with van der Waals surface area (Å²) in [6.45, 7) is 1.65. The molecule has 1 atom stereocenters. The summed E-state index contributed by atoms with van der Waals surface area (Å²) in [6, 6.07) is 9.12. The molecule has 19 heavy (non-hydrogen) atoms. The summed E-state index contributed by atoms with van der Waals surface area (Å²) >= 11 is 1.20. The van der Waals surface area contributed by atoms with Gasteiger partial charge in [0, 0.05) is 5.75 Å². The zero-order valence-electron chi connectivity index (χ0n) is 10.3. The second-order valence-corrected chi connectivity index (χ2v) is 5.13. The van der Waals surface area contributed by atoms with Crippen LogP contribution in [0.25, 0.3) is 0 Å². The smallest absolute Gasteiger partial charge is 0.258 e. The van der Waals surface area contributed by atoms with Gasteiger partial charge in [-0.3, -0.25) is 4.79 Å². The molecule has 0 bridgehead atoms. The maximum Gasteiger partial charge on any atom is 0.258 e. The number of carbonyl (C=O) groups is 1. The molecule has 98 valence electrons. The van der Waals surface area contributed by atoms with Crippen molar-refractivity contribution in [2.45, 2.75) is 13.0 Å². The molecule has 1 unspecified atom stereocenters. The van der Waals surface area contributed by atoms with Crippen LogP contribution >= 0.6 is 11.8 Å². The number of nitrogens with one attached hydrogen (secondary N) is 2. The standard InChI is InChI=1S/C13H13N3O2S/c1-8(17)7-19-11(6-14)12-15-10-5-3-2-4-9(10)13(18)16-12/h2-5,8,15,17H,7H2,1H3,(H,16,18)/b12-11-. The largest absolute Gasteiger partial charge is 0.393 e. The van der Waals surface area contributed by atoms with E-state index >= 15 is 0 Å². The van der Waals surface area contributed by atoms with Crippen molar-refractivity contribution in [1.29, 1.82) is 5.26 Å². The minimum absolute atomic E-state index is 0.241. The van der Waals surface area contributed by atoms with Crippen LogP contribution in [0.15, 0.2) is 35.0 Å². The Morgan fingerprint density at radius 2 is 2.21 bits per heavy atom. The second kappa shape index (κ2) is 5.78. The highest BCUT2D eigenvalue weighted by atomic mass is 32.2. The Labute approximate surface area is 115 Å². The molecule has 0 saturated heterocycles. The molecule has 1 aromatic carbocycles. The van der Waals surface area contributed by atoms with Crippen molar-refractivity contribution >= 4 is 23.4 Å². The highest BCUT2D eigenvalue weighted by molar-refractivity contribution is 8.03. The number of anilines is 1. The van der Waals surface area contributed by atoms with Gasteiger partial charge in [0.2, 0.25) is 0 Å². The van der Waals surface area contributed by atoms with E-state index in [0.717, 1.165) is 0 Å². The van der Waals surface area contributed by atoms with Gasteiger partial charge >= 0.3 is 0 Å². The molecule has 0 radical (unpaired) electrons. The lowest BCUT2D eigenvalue weighted by Crippen LogP contribution is -2.33. The number of aliphatic hydroxyl groups excluding tert-OH is 1. The number of carbonyl (C=O) groups excluding carboxylic acids is 1. The van der Waals surface area contributed by atoms with E-state index in [1.165, 1.54) is 11.8 Å². The molecule has 1 aliphatic rings. The molecule has 3 N–H and O–H groups in total. The molecule has 1 aliphatic heterocycles. The number of para-hydroxylation sites is 1. The predicted octanol–water partition coefficient (Wildman–Crippen LogP) is 1.65. The zero-order valence-corrected chi connectivity index (χ0v) is 11.1. The Morgan fingerprint density at radius 1 is 1.47 bits per heavy atom. The fraction of sp³-hybridized carbons (Fsp3) is 0.231. The lowest BCUT2D eigenvalue weighted by molar-refractivity contribution is 0.0964. The van der Waals surface area contributed by atoms with Crippen molar-refractivity contribution < 1.29 is 9.90 Å². The van der Waals surface area contributed by atoms with Gasteiger partial charge in [0.15, 0.2) is 0 Å². The van der Waals surface area contributed by atoms with Crippen LogP contribution in [-0.4, -0.2) is 22.9 Å². The normalized spacial score (nSPS) is 17.6. The minimum atomic E-state index is -0.513. The maximum atomic E-state index is 11.9. The van der Waals surface area contributed by atoms with Crippen molar-refractivity contribution in [2.24, 2.45) is 0 Å². The van der Waals surface area contributed by atoms with Crippen LogP contribution in [-0.2, 0) is 0 Å². The van der Waals surface area contributed by atoms with Crippen LogP contribution in [0, 0.1) is 11.3 Å². The quantitative estimate of drug-likeness (QED) is 0.730. The number of rotatable bonds is 3. The average molecular weight is 275 g/mol. The number of nitriles is 1. The molecule has 6 heteroatoms. The van der Waals surface area contributed by atoms with Crippen LogP contribution in [0.2, 0.25) is 0 Å². The molecule has 0 saturated carbocycles. The zero-order chi connectivity index (χ0) is 13.8. The van der Waals surface area contributed by atoms with Gasteiger partial charge < -0.3 is 15.7 Å². The molecule has 0 aliphatic carbocycles. The fourth-order valence-electron chi connectivity index (χ4n) is 1.61. The van der Waals surface area contributed by atoms with E-state index in [1.807, 2.05) is 12.1 Å². The van der Waals surface area contributed by atoms with Crippen LogP contribution in [0.1, 0.15) is 17.3 Å². The van der Waals surface area contributed by atoms with Crippen molar-refractivity contribution in [1.82, 2.24) is 5.32 Å². The summed E-state index contributed by atoms with van der Waals surface area (Å²) in [5.41, 5.74) is 1.22. The highest BCUT2D eigenvalue weighted by Gasteiger charge is 2.21. The Bertz CT molecular complexity index is 575. The molecular formula is C13H13N3O2S. The number of thioether (sulfide) groups is 1. The third kappa shape index (κ3) is 3.08. The van der Waals surface area contributed by atoms with Gasteiger partial charge in [0.1, 0.15) is 16.8 Å². The van der Waals surface area contributed by atoms with E-state index < -0.39 is 6.10 Å². The third-order valence-electron chi connectivity index (χ3n) is 2.47. The van der Waals surface area contributed by atoms with Gasteiger partial charge in [-0.15, -0.1) is 11.8 Å². The van der Waals surface area contributed by atoms with E-state index in [9.17, 15) is 9.90 Å². The van der Waals surface area contributed by atoms with Crippen molar-refractivity contribution in [2.75, 3.05) is 11.1 Å². The first-order valence-corrected chi connectivity index (χ1v) is 6.73. The van der Waals surface area contributed by atoms with Gasteiger partial charge in [-0.05, 0) is 19.1 Å². The Kier molecular flexibility index (Phi) is 4.10. The van der Waals surface area contributed by atoms with E-state index in [1.54, 1.807) is 25.1 Å². The third-order valence-corrected chi connectivity index (χ3v) is 3.70. The van der Waals surface area contributed by atoms with Gasteiger partial charge in [0.05, 0.1) is 17.4 Å². The van der Waals surface area contributed by atoms with Crippen molar-refractivity contribution in [3.63, 3.8) is 0 Å². The molecule has 0 aromatic heterocycles. The first-order valence-electron chi connectivity index (χ1n) is 5.74. The van der Waals surface area contributed by atoms with Gasteiger partial charge in [-0.25, -0.2) is 0 Å². The first kappa shape index (κ1) is 13.5. The number of aliphatic hydroxyl groups is 1. The monoisotopic (exact) mass is 275 g/mol. The van der Waals surface area contributed by atoms with E-state index in [2.05, 4.69) is 10.6 Å². The number of benzene rings is 1. The molecule has 0 spiro atoms. The van der Waals surface area contributed by atoms with Gasteiger partial charge in [-0.1, -0.05) is 12.1 Å². The lowest BCUT2D eigenvalue weighted by Gasteiger charge is -2.22. The Morgan fingerprint density at radius 3 is 2.89 bits per heavy atom. The molecule has 1 heterocycles. The molecule has 1 aromatic rings. The fourth-order valence-corrected chi connectivity index (χ4v) is 2.33. The number of fused-ring (bicyclic) bond motifs is 1. The predicted molar refractivity (Wildman–Crippen MR) is 74.3 cm³/mol. The lowest BCUT2D eigenvalue weighted by atomic mass is 10.1. The van der Waals surface area contributed by atoms with E-state index in [4.69, 9.17) is 5.26 Å². The SMILES string of the molecule is CC(O)CS/C(C#N)=C1\NC(=O)c2ccccc2N1. The number of nitrogens with zero attached hydrogens (tertiary/aromatic N) is 1.